The fourth-order valence-corrected chi connectivity index (χ4v) is 7.19. The second kappa shape index (κ2) is 13.6. The first-order valence-electron chi connectivity index (χ1n) is 16.9. The number of nitrogens with zero attached hydrogens (tertiary/aromatic N) is 5. The van der Waals surface area contributed by atoms with Gasteiger partial charge in [-0.1, -0.05) is 35.3 Å². The van der Waals surface area contributed by atoms with Crippen molar-refractivity contribution in [2.75, 3.05) is 18.1 Å². The van der Waals surface area contributed by atoms with Crippen LogP contribution in [0.15, 0.2) is 67.0 Å². The summed E-state index contributed by atoms with van der Waals surface area (Å²) in [5.41, 5.74) is -0.911. The molecule has 3 heterocycles. The number of hydrogen-bond acceptors (Lipinski definition) is 9. The van der Waals surface area contributed by atoms with Gasteiger partial charge in [-0.3, -0.25) is 28.7 Å². The molecule has 2 aromatic carbocycles. The summed E-state index contributed by atoms with van der Waals surface area (Å²) in [5, 5.41) is 36.9. The number of carbonyl (C=O) groups excluding carboxylic acids is 4. The predicted octanol–water partition coefficient (Wildman–Crippen LogP) is 3.24. The number of aromatic nitrogens is 3. The van der Waals surface area contributed by atoms with E-state index in [1.165, 1.54) is 17.3 Å². The molecule has 4 aromatic rings. The van der Waals surface area contributed by atoms with Crippen LogP contribution in [0.25, 0.3) is 0 Å². The van der Waals surface area contributed by atoms with Crippen LogP contribution in [0.1, 0.15) is 70.3 Å². The molecule has 4 amide bonds. The molecule has 2 saturated carbocycles. The molecule has 3 aliphatic rings. The molecule has 0 bridgehead atoms. The highest BCUT2D eigenvalue weighted by molar-refractivity contribution is 6.35. The zero-order valence-corrected chi connectivity index (χ0v) is 29.9. The lowest BCUT2D eigenvalue weighted by molar-refractivity contribution is -0.125. The van der Waals surface area contributed by atoms with Crippen LogP contribution in [0.2, 0.25) is 10.0 Å². The van der Waals surface area contributed by atoms with E-state index in [9.17, 15) is 34.7 Å². The summed E-state index contributed by atoms with van der Waals surface area (Å²) in [5.74, 6) is -1.69. The first kappa shape index (κ1) is 36.0. The molecule has 16 heteroatoms. The van der Waals surface area contributed by atoms with Gasteiger partial charge in [-0.05, 0) is 80.6 Å². The van der Waals surface area contributed by atoms with E-state index in [2.05, 4.69) is 32.0 Å². The summed E-state index contributed by atoms with van der Waals surface area (Å²) in [6, 6.07) is 16.0. The number of nitrogens with one attached hydrogen (secondary N) is 3. The third kappa shape index (κ3) is 6.61. The molecule has 2 fully saturated rings. The van der Waals surface area contributed by atoms with Gasteiger partial charge in [0, 0.05) is 22.7 Å². The van der Waals surface area contributed by atoms with Gasteiger partial charge in [0.15, 0.2) is 0 Å². The highest BCUT2D eigenvalue weighted by Crippen LogP contribution is 2.47. The molecule has 53 heavy (non-hydrogen) atoms. The normalized spacial score (nSPS) is 19.0. The minimum atomic E-state index is -1.36. The summed E-state index contributed by atoms with van der Waals surface area (Å²) in [6.45, 7) is 0.868. The molecule has 5 N–H and O–H groups in total. The Balaban J connectivity index is 1.13. The number of benzene rings is 2. The summed E-state index contributed by atoms with van der Waals surface area (Å²) < 4.78 is 1.57. The lowest BCUT2D eigenvalue weighted by atomic mass is 9.91. The fourth-order valence-electron chi connectivity index (χ4n) is 6.68. The number of carbonyl (C=O) groups is 4. The monoisotopic (exact) mass is 756 g/mol. The number of pyridine rings is 1. The van der Waals surface area contributed by atoms with Crippen LogP contribution >= 0.6 is 23.2 Å². The Morgan fingerprint density at radius 2 is 1.60 bits per heavy atom. The number of rotatable bonds is 12. The maximum atomic E-state index is 14.4. The van der Waals surface area contributed by atoms with E-state index in [1.807, 2.05) is 0 Å². The average molecular weight is 758 g/mol. The minimum Gasteiger partial charge on any atom is -0.394 e. The number of anilines is 2. The summed E-state index contributed by atoms with van der Waals surface area (Å²) >= 11 is 12.6. The second-order valence-corrected chi connectivity index (χ2v) is 14.7. The van der Waals surface area contributed by atoms with Gasteiger partial charge in [0.1, 0.15) is 16.8 Å². The van der Waals surface area contributed by atoms with Crippen LogP contribution in [0.5, 0.6) is 0 Å². The summed E-state index contributed by atoms with van der Waals surface area (Å²) in [4.78, 5) is 65.2. The first-order valence-corrected chi connectivity index (χ1v) is 17.6. The van der Waals surface area contributed by atoms with Crippen molar-refractivity contribution in [3.8, 4) is 6.07 Å². The van der Waals surface area contributed by atoms with Gasteiger partial charge in [-0.15, -0.1) is 0 Å². The Kier molecular flexibility index (Phi) is 9.23. The van der Waals surface area contributed by atoms with E-state index in [-0.39, 0.29) is 35.4 Å². The molecule has 272 valence electrons. The van der Waals surface area contributed by atoms with E-state index in [0.717, 1.165) is 5.56 Å². The van der Waals surface area contributed by atoms with Crippen LogP contribution in [-0.4, -0.2) is 73.2 Å². The first-order chi connectivity index (χ1) is 25.3. The molecular weight excluding hydrogens is 723 g/mol. The summed E-state index contributed by atoms with van der Waals surface area (Å²) in [6.07, 6.45) is 4.88. The van der Waals surface area contributed by atoms with Gasteiger partial charge in [0.2, 0.25) is 11.9 Å². The van der Waals surface area contributed by atoms with Gasteiger partial charge in [-0.25, -0.2) is 9.88 Å². The molecule has 0 spiro atoms. The molecule has 14 nitrogen and oxygen atoms in total. The third-order valence-corrected chi connectivity index (χ3v) is 10.4. The van der Waals surface area contributed by atoms with Crippen molar-refractivity contribution in [3.63, 3.8) is 0 Å². The SMILES string of the molecule is C[C@@]1(Cc2ccc(C#N)cc2)C(=O)N(c2cc(Cl)cc(Cl)c2)c2ncc(C(=O)NC3(C(=O)NC4(c5ccc(C(=O)NC(CO)CO)cn5)CC4)CC3)n21. The van der Waals surface area contributed by atoms with Gasteiger partial charge >= 0.3 is 0 Å². The molecule has 0 unspecified atom stereocenters. The lowest BCUT2D eigenvalue weighted by Gasteiger charge is -2.27. The van der Waals surface area contributed by atoms with E-state index in [0.29, 0.717) is 52.7 Å². The van der Waals surface area contributed by atoms with Crippen molar-refractivity contribution < 1.29 is 29.4 Å². The topological polar surface area (TPSA) is 203 Å². The maximum absolute atomic E-state index is 14.4. The molecule has 1 aliphatic heterocycles. The van der Waals surface area contributed by atoms with Crippen molar-refractivity contribution in [1.29, 1.82) is 5.26 Å². The number of aliphatic hydroxyl groups is 2. The molecule has 2 aromatic heterocycles. The second-order valence-electron chi connectivity index (χ2n) is 13.8. The molecule has 2 aliphatic carbocycles. The number of halogens is 2. The molecule has 0 radical (unpaired) electrons. The van der Waals surface area contributed by atoms with Crippen molar-refractivity contribution in [1.82, 2.24) is 30.5 Å². The standard InChI is InChI=1S/C37H34Cl2N8O6/c1-35(15-21-2-4-22(16-40)5-3-21)33(53)46(27-13-24(38)12-25(39)14-27)34-42-18-28(47(34)35)31(51)44-37(10-11-37)32(52)45-36(8-9-36)29-7-6-23(17-41-29)30(50)43-26(19-48)20-49/h2-7,12-14,17-18,26,48-49H,8-11,15,19-20H2,1H3,(H,43,50)(H,44,51)(H,45,52)/t35-/m1/s1. The number of amides is 4. The maximum Gasteiger partial charge on any atom is 0.270 e. The van der Waals surface area contributed by atoms with Crippen LogP contribution < -0.4 is 20.9 Å². The Hall–Kier alpha value is -5.33. The largest absolute Gasteiger partial charge is 0.394 e. The zero-order valence-electron chi connectivity index (χ0n) is 28.4. The number of aliphatic hydroxyl groups excluding tert-OH is 2. The van der Waals surface area contributed by atoms with Gasteiger partial charge in [0.25, 0.3) is 17.7 Å². The molecule has 7 rings (SSSR count). The predicted molar refractivity (Wildman–Crippen MR) is 192 cm³/mol. The molecular formula is C37H34Cl2N8O6. The number of nitriles is 1. The van der Waals surface area contributed by atoms with Crippen molar-refractivity contribution in [2.45, 2.75) is 61.7 Å². The number of fused-ring (bicyclic) bond motifs is 1. The van der Waals surface area contributed by atoms with Crippen LogP contribution in [-0.2, 0) is 27.1 Å². The molecule has 1 atom stereocenters. The van der Waals surface area contributed by atoms with Crippen LogP contribution in [0.3, 0.4) is 0 Å². The highest BCUT2D eigenvalue weighted by Gasteiger charge is 2.57. The lowest BCUT2D eigenvalue weighted by Crippen LogP contribution is -2.52. The Morgan fingerprint density at radius 1 is 0.925 bits per heavy atom. The Bertz CT molecular complexity index is 2150. The number of hydrogen-bond donors (Lipinski definition) is 5. The van der Waals surface area contributed by atoms with E-state index < -0.39 is 47.7 Å². The van der Waals surface area contributed by atoms with Crippen LogP contribution in [0.4, 0.5) is 11.6 Å². The fraction of sp³-hybridized carbons (Fsp3) is 0.324. The van der Waals surface area contributed by atoms with Crippen molar-refractivity contribution >= 4 is 58.5 Å². The Morgan fingerprint density at radius 3 is 2.17 bits per heavy atom. The Labute approximate surface area is 313 Å². The van der Waals surface area contributed by atoms with E-state index in [4.69, 9.17) is 23.2 Å². The number of imidazole rings is 1. The van der Waals surface area contributed by atoms with E-state index >= 15 is 0 Å². The van der Waals surface area contributed by atoms with Crippen molar-refractivity contribution in [3.05, 3.63) is 105 Å². The van der Waals surface area contributed by atoms with Crippen LogP contribution in [0, 0.1) is 11.3 Å². The average Bonchev–Trinajstić information content (AvgIpc) is 4.05. The molecule has 0 saturated heterocycles. The highest BCUT2D eigenvalue weighted by atomic mass is 35.5. The van der Waals surface area contributed by atoms with Gasteiger partial charge in [0.05, 0.1) is 59.6 Å². The van der Waals surface area contributed by atoms with Crippen molar-refractivity contribution in [2.24, 2.45) is 0 Å². The quantitative estimate of drug-likeness (QED) is 0.144. The van der Waals surface area contributed by atoms with Gasteiger partial charge in [-0.2, -0.15) is 5.26 Å². The zero-order chi connectivity index (χ0) is 37.7. The van der Waals surface area contributed by atoms with Gasteiger partial charge < -0.3 is 26.2 Å². The third-order valence-electron chi connectivity index (χ3n) is 10.0. The summed E-state index contributed by atoms with van der Waals surface area (Å²) in [7, 11) is 0. The minimum absolute atomic E-state index is 0.0699. The smallest absolute Gasteiger partial charge is 0.270 e. The van der Waals surface area contributed by atoms with E-state index in [1.54, 1.807) is 66.1 Å².